The molecule has 0 bridgehead atoms. The summed E-state index contributed by atoms with van der Waals surface area (Å²) in [5, 5.41) is 8.82. The predicted molar refractivity (Wildman–Crippen MR) is 123 cm³/mol. The Bertz CT molecular complexity index is 1280. The van der Waals surface area contributed by atoms with Crippen molar-refractivity contribution in [2.75, 3.05) is 11.4 Å². The molecule has 1 aliphatic heterocycles. The fourth-order valence-electron chi connectivity index (χ4n) is 4.24. The molecule has 31 heavy (non-hydrogen) atoms. The minimum atomic E-state index is -0.278. The van der Waals surface area contributed by atoms with E-state index in [0.717, 1.165) is 36.0 Å². The van der Waals surface area contributed by atoms with Gasteiger partial charge in [-0.25, -0.2) is 4.39 Å². The first kappa shape index (κ1) is 19.9. The number of halogens is 1. The molecule has 0 unspecified atom stereocenters. The molecule has 6 rings (SSSR count). The fourth-order valence-corrected chi connectivity index (χ4v) is 4.24. The van der Waals surface area contributed by atoms with Crippen LogP contribution in [0.4, 0.5) is 15.9 Å². The molecule has 1 fully saturated rings. The zero-order valence-corrected chi connectivity index (χ0v) is 18.6. The SMILES string of the molecule is CC1(C)CC1.Cc1cccc2c1CCCN2c1nc2nnc(C)n2c2cccc(F)c12. The van der Waals surface area contributed by atoms with Crippen molar-refractivity contribution in [3.8, 4) is 0 Å². The van der Waals surface area contributed by atoms with Crippen LogP contribution in [-0.4, -0.2) is 26.1 Å². The Hall–Kier alpha value is -3.02. The van der Waals surface area contributed by atoms with Crippen LogP contribution in [0.1, 0.15) is 50.1 Å². The molecule has 0 N–H and O–H groups in total. The fraction of sp³-hybridized carbons (Fsp3) is 0.400. The van der Waals surface area contributed by atoms with E-state index in [1.165, 1.54) is 30.0 Å². The van der Waals surface area contributed by atoms with Gasteiger partial charge in [0.25, 0.3) is 5.78 Å². The summed E-state index contributed by atoms with van der Waals surface area (Å²) in [6.45, 7) is 9.38. The van der Waals surface area contributed by atoms with Crippen LogP contribution in [0.15, 0.2) is 36.4 Å². The van der Waals surface area contributed by atoms with Gasteiger partial charge in [0.2, 0.25) is 0 Å². The third kappa shape index (κ3) is 3.54. The Balaban J connectivity index is 0.000000361. The minimum Gasteiger partial charge on any atom is -0.325 e. The van der Waals surface area contributed by atoms with E-state index in [1.54, 1.807) is 6.07 Å². The molecule has 0 saturated heterocycles. The molecule has 2 aromatic heterocycles. The Morgan fingerprint density at radius 3 is 2.48 bits per heavy atom. The summed E-state index contributed by atoms with van der Waals surface area (Å²) in [4.78, 5) is 6.84. The lowest BCUT2D eigenvalue weighted by Gasteiger charge is -2.32. The zero-order valence-electron chi connectivity index (χ0n) is 18.6. The minimum absolute atomic E-state index is 0.278. The lowest BCUT2D eigenvalue weighted by Crippen LogP contribution is -2.26. The number of hydrogen-bond acceptors (Lipinski definition) is 4. The van der Waals surface area contributed by atoms with Gasteiger partial charge >= 0.3 is 0 Å². The summed E-state index contributed by atoms with van der Waals surface area (Å²) < 4.78 is 16.7. The average molecular weight is 418 g/mol. The van der Waals surface area contributed by atoms with Gasteiger partial charge in [-0.15, -0.1) is 10.2 Å². The van der Waals surface area contributed by atoms with Crippen LogP contribution in [0.3, 0.4) is 0 Å². The Morgan fingerprint density at radius 2 is 1.74 bits per heavy atom. The number of aryl methyl sites for hydroxylation is 2. The summed E-state index contributed by atoms with van der Waals surface area (Å²) >= 11 is 0. The van der Waals surface area contributed by atoms with E-state index in [0.29, 0.717) is 22.8 Å². The summed E-state index contributed by atoms with van der Waals surface area (Å²) in [6, 6.07) is 11.4. The van der Waals surface area contributed by atoms with Gasteiger partial charge in [0.15, 0.2) is 0 Å². The lowest BCUT2D eigenvalue weighted by atomic mass is 9.97. The molecule has 2 aromatic carbocycles. The normalized spacial score (nSPS) is 16.7. The smallest absolute Gasteiger partial charge is 0.257 e. The van der Waals surface area contributed by atoms with Crippen LogP contribution < -0.4 is 4.90 Å². The molecule has 0 spiro atoms. The lowest BCUT2D eigenvalue weighted by molar-refractivity contribution is 0.638. The molecule has 5 nitrogen and oxygen atoms in total. The first-order valence-corrected chi connectivity index (χ1v) is 11.0. The van der Waals surface area contributed by atoms with Crippen molar-refractivity contribution < 1.29 is 4.39 Å². The standard InChI is InChI=1S/C20H18FN5.C5H10/c1-12-6-3-9-16-14(12)7-5-11-25(16)19-18-15(21)8-4-10-17(18)26-13(2)23-24-20(26)22-19;1-5(2)3-4-5/h3-4,6,8-10H,5,7,11H2,1-2H3;3-4H2,1-2H3. The zero-order chi connectivity index (χ0) is 21.8. The molecular weight excluding hydrogens is 389 g/mol. The van der Waals surface area contributed by atoms with E-state index >= 15 is 0 Å². The van der Waals surface area contributed by atoms with Gasteiger partial charge in [0.05, 0.1) is 10.9 Å². The van der Waals surface area contributed by atoms with Gasteiger partial charge in [-0.05, 0) is 74.3 Å². The second-order valence-electron chi connectivity index (χ2n) is 9.44. The summed E-state index contributed by atoms with van der Waals surface area (Å²) in [5.74, 6) is 1.53. The summed E-state index contributed by atoms with van der Waals surface area (Å²) in [5.41, 5.74) is 5.17. The molecule has 4 aromatic rings. The van der Waals surface area contributed by atoms with E-state index in [4.69, 9.17) is 4.98 Å². The molecule has 1 aliphatic carbocycles. The third-order valence-electron chi connectivity index (χ3n) is 6.46. The van der Waals surface area contributed by atoms with Crippen molar-refractivity contribution in [2.45, 2.75) is 53.4 Å². The van der Waals surface area contributed by atoms with Crippen molar-refractivity contribution in [1.82, 2.24) is 19.6 Å². The largest absolute Gasteiger partial charge is 0.325 e. The maximum absolute atomic E-state index is 14.9. The van der Waals surface area contributed by atoms with Gasteiger partial charge < -0.3 is 4.90 Å². The predicted octanol–water partition coefficient (Wildman–Crippen LogP) is 5.92. The molecule has 0 radical (unpaired) electrons. The second-order valence-corrected chi connectivity index (χ2v) is 9.44. The number of anilines is 2. The van der Waals surface area contributed by atoms with Crippen molar-refractivity contribution in [3.63, 3.8) is 0 Å². The molecular formula is C25H28FN5. The molecule has 2 aliphatic rings. The Morgan fingerprint density at radius 1 is 1.00 bits per heavy atom. The highest BCUT2D eigenvalue weighted by molar-refractivity contribution is 5.94. The van der Waals surface area contributed by atoms with Crippen LogP contribution in [0.25, 0.3) is 16.7 Å². The Labute approximate surface area is 181 Å². The van der Waals surface area contributed by atoms with E-state index in [9.17, 15) is 4.39 Å². The number of benzene rings is 2. The Kier molecular flexibility index (Phi) is 4.68. The first-order chi connectivity index (χ1) is 14.9. The van der Waals surface area contributed by atoms with Gasteiger partial charge in [-0.1, -0.05) is 32.0 Å². The number of fused-ring (bicyclic) bond motifs is 4. The van der Waals surface area contributed by atoms with Gasteiger partial charge in [0.1, 0.15) is 17.5 Å². The van der Waals surface area contributed by atoms with E-state index < -0.39 is 0 Å². The average Bonchev–Trinajstić information content (AvgIpc) is 3.32. The molecule has 6 heteroatoms. The van der Waals surface area contributed by atoms with Crippen LogP contribution in [0, 0.1) is 25.1 Å². The monoisotopic (exact) mass is 417 g/mol. The first-order valence-electron chi connectivity index (χ1n) is 11.0. The second kappa shape index (κ2) is 7.29. The number of aromatic nitrogens is 4. The molecule has 160 valence electrons. The van der Waals surface area contributed by atoms with Crippen LogP contribution in [0.5, 0.6) is 0 Å². The van der Waals surface area contributed by atoms with Crippen LogP contribution in [-0.2, 0) is 6.42 Å². The summed E-state index contributed by atoms with van der Waals surface area (Å²) in [7, 11) is 0. The third-order valence-corrected chi connectivity index (χ3v) is 6.46. The number of hydrogen-bond donors (Lipinski definition) is 0. The maximum atomic E-state index is 14.9. The van der Waals surface area contributed by atoms with E-state index in [-0.39, 0.29) is 5.82 Å². The number of nitrogens with zero attached hydrogens (tertiary/aromatic N) is 5. The van der Waals surface area contributed by atoms with Crippen LogP contribution >= 0.6 is 0 Å². The van der Waals surface area contributed by atoms with E-state index in [1.807, 2.05) is 23.5 Å². The van der Waals surface area contributed by atoms with Crippen molar-refractivity contribution in [2.24, 2.45) is 5.41 Å². The highest BCUT2D eigenvalue weighted by Crippen LogP contribution is 2.43. The van der Waals surface area contributed by atoms with Gasteiger partial charge in [0, 0.05) is 12.2 Å². The van der Waals surface area contributed by atoms with Gasteiger partial charge in [-0.2, -0.15) is 4.98 Å². The van der Waals surface area contributed by atoms with Crippen molar-refractivity contribution >= 4 is 28.2 Å². The van der Waals surface area contributed by atoms with E-state index in [2.05, 4.69) is 48.0 Å². The van der Waals surface area contributed by atoms with Crippen molar-refractivity contribution in [3.05, 3.63) is 59.2 Å². The molecule has 1 saturated carbocycles. The highest BCUT2D eigenvalue weighted by atomic mass is 19.1. The van der Waals surface area contributed by atoms with Crippen LogP contribution in [0.2, 0.25) is 0 Å². The maximum Gasteiger partial charge on any atom is 0.257 e. The highest BCUT2D eigenvalue weighted by Gasteiger charge is 2.30. The molecule has 0 atom stereocenters. The molecule has 0 amide bonds. The number of rotatable bonds is 1. The quantitative estimate of drug-likeness (QED) is 0.385. The van der Waals surface area contributed by atoms with Gasteiger partial charge in [-0.3, -0.25) is 4.40 Å². The molecule has 3 heterocycles. The summed E-state index contributed by atoms with van der Waals surface area (Å²) in [6.07, 6.45) is 4.94. The topological polar surface area (TPSA) is 46.3 Å². The van der Waals surface area contributed by atoms with Crippen molar-refractivity contribution in [1.29, 1.82) is 0 Å².